The van der Waals surface area contributed by atoms with E-state index >= 15 is 0 Å². The number of nitrogens with one attached hydrogen (secondary N) is 2. The van der Waals surface area contributed by atoms with Crippen LogP contribution in [0.5, 0.6) is 11.5 Å². The van der Waals surface area contributed by atoms with Crippen LogP contribution in [0.25, 0.3) is 6.08 Å². The number of thioether (sulfide) groups is 1. The minimum absolute atomic E-state index is 0.0709. The zero-order valence-corrected chi connectivity index (χ0v) is 18.6. The van der Waals surface area contributed by atoms with Crippen molar-refractivity contribution in [2.24, 2.45) is 0 Å². The van der Waals surface area contributed by atoms with E-state index in [1.807, 2.05) is 36.4 Å². The first kappa shape index (κ1) is 21.8. The van der Waals surface area contributed by atoms with Crippen LogP contribution in [-0.4, -0.2) is 41.1 Å². The highest BCUT2D eigenvalue weighted by atomic mass is 32.2. The largest absolute Gasteiger partial charge is 0.454 e. The number of rotatable bonds is 9. The SMILES string of the molecule is O=C(/C=C/c1ccc2c(c1)OCO2)Nc1nnc(SCC(=O)NCCc2ccccc2)s1. The van der Waals surface area contributed by atoms with Gasteiger partial charge in [-0.05, 0) is 35.8 Å². The summed E-state index contributed by atoms with van der Waals surface area (Å²) in [5, 5.41) is 13.9. The number of benzene rings is 2. The second-order valence-electron chi connectivity index (χ2n) is 6.68. The zero-order valence-electron chi connectivity index (χ0n) is 16.9. The number of nitrogens with zero attached hydrogens (tertiary/aromatic N) is 2. The molecular weight excluding hydrogens is 448 g/mol. The normalized spacial score (nSPS) is 12.1. The number of amides is 2. The Kier molecular flexibility index (Phi) is 7.36. The predicted octanol–water partition coefficient (Wildman–Crippen LogP) is 3.37. The van der Waals surface area contributed by atoms with Gasteiger partial charge in [-0.3, -0.25) is 14.9 Å². The van der Waals surface area contributed by atoms with Gasteiger partial charge < -0.3 is 14.8 Å². The van der Waals surface area contributed by atoms with Crippen molar-refractivity contribution in [1.29, 1.82) is 0 Å². The third-order valence-electron chi connectivity index (χ3n) is 4.37. The summed E-state index contributed by atoms with van der Waals surface area (Å²) in [6, 6.07) is 15.4. The minimum Gasteiger partial charge on any atom is -0.454 e. The average molecular weight is 469 g/mol. The van der Waals surface area contributed by atoms with Crippen LogP contribution in [0.1, 0.15) is 11.1 Å². The van der Waals surface area contributed by atoms with Crippen LogP contribution in [-0.2, 0) is 16.0 Å². The van der Waals surface area contributed by atoms with Gasteiger partial charge in [0, 0.05) is 12.6 Å². The molecule has 0 radical (unpaired) electrons. The number of carbonyl (C=O) groups excluding carboxylic acids is 2. The second kappa shape index (κ2) is 10.8. The van der Waals surface area contributed by atoms with Crippen molar-refractivity contribution in [1.82, 2.24) is 15.5 Å². The van der Waals surface area contributed by atoms with Gasteiger partial charge in [-0.25, -0.2) is 0 Å². The molecule has 8 nitrogen and oxygen atoms in total. The summed E-state index contributed by atoms with van der Waals surface area (Å²) in [4.78, 5) is 24.2. The standard InChI is InChI=1S/C22H20N4O4S2/c27-19(9-7-16-6-8-17-18(12-16)30-14-29-17)24-21-25-26-22(32-21)31-13-20(28)23-11-10-15-4-2-1-3-5-15/h1-9,12H,10-11,13-14H2,(H,23,28)(H,24,25,27)/b9-7+. The number of hydrogen-bond donors (Lipinski definition) is 2. The molecule has 164 valence electrons. The number of carbonyl (C=O) groups is 2. The Morgan fingerprint density at radius 1 is 1.09 bits per heavy atom. The molecule has 10 heteroatoms. The Balaban J connectivity index is 1.19. The van der Waals surface area contributed by atoms with Gasteiger partial charge in [0.2, 0.25) is 23.7 Å². The Labute approximate surface area is 193 Å². The summed E-state index contributed by atoms with van der Waals surface area (Å²) in [5.41, 5.74) is 1.99. The lowest BCUT2D eigenvalue weighted by molar-refractivity contribution is -0.118. The van der Waals surface area contributed by atoms with Gasteiger partial charge >= 0.3 is 0 Å². The fourth-order valence-corrected chi connectivity index (χ4v) is 4.41. The van der Waals surface area contributed by atoms with Crippen LogP contribution >= 0.6 is 23.1 Å². The first-order valence-corrected chi connectivity index (χ1v) is 11.6. The fourth-order valence-electron chi connectivity index (χ4n) is 2.82. The first-order valence-electron chi connectivity index (χ1n) is 9.81. The number of anilines is 1. The van der Waals surface area contributed by atoms with Gasteiger partial charge in [-0.2, -0.15) is 0 Å². The van der Waals surface area contributed by atoms with Crippen LogP contribution in [0, 0.1) is 0 Å². The van der Waals surface area contributed by atoms with Crippen molar-refractivity contribution in [3.63, 3.8) is 0 Å². The van der Waals surface area contributed by atoms with E-state index in [1.165, 1.54) is 34.7 Å². The minimum atomic E-state index is -0.325. The predicted molar refractivity (Wildman–Crippen MR) is 124 cm³/mol. The van der Waals surface area contributed by atoms with Crippen molar-refractivity contribution in [2.45, 2.75) is 10.8 Å². The number of hydrogen-bond acceptors (Lipinski definition) is 8. The Hall–Kier alpha value is -3.37. The highest BCUT2D eigenvalue weighted by Gasteiger charge is 2.13. The fraction of sp³-hybridized carbons (Fsp3) is 0.182. The van der Waals surface area contributed by atoms with Crippen molar-refractivity contribution < 1.29 is 19.1 Å². The summed E-state index contributed by atoms with van der Waals surface area (Å²) in [5.74, 6) is 1.19. The molecule has 0 aliphatic carbocycles. The van der Waals surface area contributed by atoms with Gasteiger partial charge in [0.25, 0.3) is 0 Å². The van der Waals surface area contributed by atoms with E-state index in [9.17, 15) is 9.59 Å². The van der Waals surface area contributed by atoms with E-state index in [1.54, 1.807) is 18.2 Å². The maximum Gasteiger partial charge on any atom is 0.250 e. The summed E-state index contributed by atoms with van der Waals surface area (Å²) < 4.78 is 11.2. The number of ether oxygens (including phenoxy) is 2. The Morgan fingerprint density at radius 3 is 2.81 bits per heavy atom. The van der Waals surface area contributed by atoms with Crippen molar-refractivity contribution in [3.05, 3.63) is 65.7 Å². The van der Waals surface area contributed by atoms with Crippen molar-refractivity contribution in [3.8, 4) is 11.5 Å². The maximum atomic E-state index is 12.1. The zero-order chi connectivity index (χ0) is 22.2. The lowest BCUT2D eigenvalue weighted by atomic mass is 10.1. The van der Waals surface area contributed by atoms with E-state index < -0.39 is 0 Å². The first-order chi connectivity index (χ1) is 15.7. The smallest absolute Gasteiger partial charge is 0.250 e. The third-order valence-corrected chi connectivity index (χ3v) is 6.34. The lowest BCUT2D eigenvalue weighted by Crippen LogP contribution is -2.27. The van der Waals surface area contributed by atoms with Crippen LogP contribution in [0.2, 0.25) is 0 Å². The van der Waals surface area contributed by atoms with E-state index in [-0.39, 0.29) is 24.4 Å². The summed E-state index contributed by atoms with van der Waals surface area (Å²) in [6.07, 6.45) is 3.87. The Bertz CT molecular complexity index is 1120. The molecule has 4 rings (SSSR count). The molecule has 2 N–H and O–H groups in total. The van der Waals surface area contributed by atoms with Crippen molar-refractivity contribution in [2.75, 3.05) is 24.4 Å². The van der Waals surface area contributed by atoms with Gasteiger partial charge in [0.05, 0.1) is 5.75 Å². The highest BCUT2D eigenvalue weighted by molar-refractivity contribution is 8.01. The average Bonchev–Trinajstić information content (AvgIpc) is 3.46. The topological polar surface area (TPSA) is 102 Å². The molecule has 0 saturated carbocycles. The van der Waals surface area contributed by atoms with Crippen molar-refractivity contribution >= 4 is 46.1 Å². The molecule has 1 aliphatic rings. The van der Waals surface area contributed by atoms with Gasteiger partial charge in [-0.15, -0.1) is 10.2 Å². The Morgan fingerprint density at radius 2 is 1.94 bits per heavy atom. The molecule has 1 aromatic heterocycles. The number of fused-ring (bicyclic) bond motifs is 1. The molecule has 2 aromatic carbocycles. The summed E-state index contributed by atoms with van der Waals surface area (Å²) in [7, 11) is 0. The molecule has 2 heterocycles. The molecule has 0 unspecified atom stereocenters. The van der Waals surface area contributed by atoms with E-state index in [0.717, 1.165) is 12.0 Å². The molecule has 3 aromatic rings. The molecule has 1 aliphatic heterocycles. The van der Waals surface area contributed by atoms with E-state index in [4.69, 9.17) is 9.47 Å². The number of aromatic nitrogens is 2. The van der Waals surface area contributed by atoms with E-state index in [0.29, 0.717) is 27.5 Å². The molecule has 0 saturated heterocycles. The van der Waals surface area contributed by atoms with Gasteiger partial charge in [-0.1, -0.05) is 59.5 Å². The van der Waals surface area contributed by atoms with Crippen LogP contribution < -0.4 is 20.1 Å². The summed E-state index contributed by atoms with van der Waals surface area (Å²) in [6.45, 7) is 0.784. The highest BCUT2D eigenvalue weighted by Crippen LogP contribution is 2.32. The van der Waals surface area contributed by atoms with Crippen LogP contribution in [0.15, 0.2) is 58.9 Å². The monoisotopic (exact) mass is 468 g/mol. The lowest BCUT2D eigenvalue weighted by Gasteiger charge is -2.04. The van der Waals surface area contributed by atoms with E-state index in [2.05, 4.69) is 20.8 Å². The molecule has 2 amide bonds. The van der Waals surface area contributed by atoms with Gasteiger partial charge in [0.15, 0.2) is 15.8 Å². The molecule has 32 heavy (non-hydrogen) atoms. The maximum absolute atomic E-state index is 12.1. The molecule has 0 spiro atoms. The third kappa shape index (κ3) is 6.32. The van der Waals surface area contributed by atoms with Crippen LogP contribution in [0.4, 0.5) is 5.13 Å². The molecule has 0 fully saturated rings. The molecule has 0 atom stereocenters. The molecule has 0 bridgehead atoms. The molecular formula is C22H20N4O4S2. The summed E-state index contributed by atoms with van der Waals surface area (Å²) >= 11 is 2.50. The second-order valence-corrected chi connectivity index (χ2v) is 8.88. The van der Waals surface area contributed by atoms with Crippen LogP contribution in [0.3, 0.4) is 0 Å². The van der Waals surface area contributed by atoms with Gasteiger partial charge in [0.1, 0.15) is 0 Å². The quantitative estimate of drug-likeness (QED) is 0.282.